The zero-order chi connectivity index (χ0) is 23.2. The van der Waals surface area contributed by atoms with E-state index in [2.05, 4.69) is 5.32 Å². The molecule has 1 aromatic heterocycles. The first-order chi connectivity index (χ1) is 16.1. The van der Waals surface area contributed by atoms with E-state index < -0.39 is 11.9 Å². The molecule has 0 aliphatic heterocycles. The van der Waals surface area contributed by atoms with Gasteiger partial charge in [-0.2, -0.15) is 0 Å². The van der Waals surface area contributed by atoms with Crippen LogP contribution in [-0.2, 0) is 16.0 Å². The van der Waals surface area contributed by atoms with Crippen molar-refractivity contribution in [3.05, 3.63) is 82.3 Å². The Bertz CT molecular complexity index is 1080. The Balaban J connectivity index is 1.77. The number of rotatable bonds is 8. The first-order valence-electron chi connectivity index (χ1n) is 11.1. The van der Waals surface area contributed by atoms with Gasteiger partial charge in [-0.1, -0.05) is 43.2 Å². The summed E-state index contributed by atoms with van der Waals surface area (Å²) in [5, 5.41) is 5.00. The number of nitrogens with one attached hydrogen (secondary N) is 1. The number of amides is 2. The molecule has 1 fully saturated rings. The maximum absolute atomic E-state index is 15.0. The molecule has 1 heterocycles. The molecule has 2 aromatic carbocycles. The van der Waals surface area contributed by atoms with Gasteiger partial charge in [-0.3, -0.25) is 14.5 Å². The molecule has 7 heteroatoms. The number of para-hydroxylation sites is 1. The standard InChI is InChI=1S/C26H27FN2O3S/c1-32-20-14-12-18(13-15-20)25(26(31)28-19-7-2-3-8-19)29(23-11-5-4-10-22(23)27)24(30)17-21-9-6-16-33-21/h4-6,9-16,19,25H,2-3,7-8,17H2,1H3,(H,28,31)/t25-/m1/s1. The van der Waals surface area contributed by atoms with Gasteiger partial charge < -0.3 is 10.1 Å². The summed E-state index contributed by atoms with van der Waals surface area (Å²) in [6, 6.07) is 15.9. The van der Waals surface area contributed by atoms with Crippen LogP contribution in [0.1, 0.15) is 42.2 Å². The highest BCUT2D eigenvalue weighted by Crippen LogP contribution is 2.32. The molecule has 2 amide bonds. The second-order valence-corrected chi connectivity index (χ2v) is 9.17. The van der Waals surface area contributed by atoms with Gasteiger partial charge in [0.2, 0.25) is 11.8 Å². The van der Waals surface area contributed by atoms with Crippen LogP contribution < -0.4 is 15.0 Å². The minimum absolute atomic E-state index is 0.0631. The Morgan fingerprint density at radius 2 is 1.82 bits per heavy atom. The molecule has 0 bridgehead atoms. The van der Waals surface area contributed by atoms with Gasteiger partial charge in [-0.15, -0.1) is 11.3 Å². The fourth-order valence-electron chi connectivity index (χ4n) is 4.27. The molecule has 1 aliphatic rings. The van der Waals surface area contributed by atoms with Gasteiger partial charge in [0, 0.05) is 10.9 Å². The number of carbonyl (C=O) groups excluding carboxylic acids is 2. The van der Waals surface area contributed by atoms with Crippen molar-refractivity contribution in [2.24, 2.45) is 0 Å². The van der Waals surface area contributed by atoms with E-state index in [1.54, 1.807) is 49.6 Å². The van der Waals surface area contributed by atoms with Crippen molar-refractivity contribution in [1.82, 2.24) is 5.32 Å². The molecule has 0 spiro atoms. The maximum Gasteiger partial charge on any atom is 0.248 e. The predicted molar refractivity (Wildman–Crippen MR) is 128 cm³/mol. The van der Waals surface area contributed by atoms with Gasteiger partial charge in [0.15, 0.2) is 0 Å². The number of ether oxygens (including phenoxy) is 1. The molecule has 0 radical (unpaired) electrons. The van der Waals surface area contributed by atoms with Crippen molar-refractivity contribution in [3.63, 3.8) is 0 Å². The van der Waals surface area contributed by atoms with Crippen molar-refractivity contribution in [3.8, 4) is 5.75 Å². The van der Waals surface area contributed by atoms with Crippen molar-refractivity contribution in [2.75, 3.05) is 12.0 Å². The lowest BCUT2D eigenvalue weighted by molar-refractivity contribution is -0.127. The SMILES string of the molecule is COc1ccc([C@H](C(=O)NC2CCCC2)N(C(=O)Cc2cccs2)c2ccccc2F)cc1. The normalized spacial score (nSPS) is 14.6. The van der Waals surface area contributed by atoms with Crippen LogP contribution in [0.15, 0.2) is 66.0 Å². The number of benzene rings is 2. The summed E-state index contributed by atoms with van der Waals surface area (Å²) in [4.78, 5) is 29.4. The molecule has 1 N–H and O–H groups in total. The van der Waals surface area contributed by atoms with Crippen LogP contribution >= 0.6 is 11.3 Å². The molecule has 0 saturated heterocycles. The van der Waals surface area contributed by atoms with E-state index >= 15 is 0 Å². The van der Waals surface area contributed by atoms with E-state index in [0.717, 1.165) is 30.6 Å². The minimum atomic E-state index is -1.01. The number of anilines is 1. The Morgan fingerprint density at radius 1 is 1.09 bits per heavy atom. The van der Waals surface area contributed by atoms with Crippen LogP contribution in [0.3, 0.4) is 0 Å². The van der Waals surface area contributed by atoms with Gasteiger partial charge in [0.05, 0.1) is 19.2 Å². The van der Waals surface area contributed by atoms with E-state index in [-0.39, 0.29) is 30.0 Å². The smallest absolute Gasteiger partial charge is 0.248 e. The fourth-order valence-corrected chi connectivity index (χ4v) is 4.96. The topological polar surface area (TPSA) is 58.6 Å². The fraction of sp³-hybridized carbons (Fsp3) is 0.308. The highest BCUT2D eigenvalue weighted by Gasteiger charge is 2.35. The third kappa shape index (κ3) is 5.42. The summed E-state index contributed by atoms with van der Waals surface area (Å²) < 4.78 is 20.3. The lowest BCUT2D eigenvalue weighted by Crippen LogP contribution is -2.47. The summed E-state index contributed by atoms with van der Waals surface area (Å²) in [6.45, 7) is 0. The van der Waals surface area contributed by atoms with Crippen LogP contribution in [0.5, 0.6) is 5.75 Å². The van der Waals surface area contributed by atoms with E-state index in [4.69, 9.17) is 4.74 Å². The number of halogens is 1. The zero-order valence-electron chi connectivity index (χ0n) is 18.5. The van der Waals surface area contributed by atoms with Gasteiger partial charge in [0.25, 0.3) is 0 Å². The largest absolute Gasteiger partial charge is 0.497 e. The first-order valence-corrected chi connectivity index (χ1v) is 12.0. The number of hydrogen-bond donors (Lipinski definition) is 1. The third-order valence-corrected chi connectivity index (χ3v) is 6.80. The van der Waals surface area contributed by atoms with Gasteiger partial charge in [0.1, 0.15) is 17.6 Å². The molecule has 172 valence electrons. The number of hydrogen-bond acceptors (Lipinski definition) is 4. The van der Waals surface area contributed by atoms with Crippen LogP contribution in [0.25, 0.3) is 0 Å². The average Bonchev–Trinajstić information content (AvgIpc) is 3.52. The summed E-state index contributed by atoms with van der Waals surface area (Å²) in [6.07, 6.45) is 4.02. The van der Waals surface area contributed by atoms with E-state index in [1.165, 1.54) is 22.3 Å². The first kappa shape index (κ1) is 23.0. The van der Waals surface area contributed by atoms with E-state index in [9.17, 15) is 14.0 Å². The lowest BCUT2D eigenvalue weighted by atomic mass is 10.0. The highest BCUT2D eigenvalue weighted by atomic mass is 32.1. The number of methoxy groups -OCH3 is 1. The van der Waals surface area contributed by atoms with Gasteiger partial charge in [-0.05, 0) is 54.1 Å². The van der Waals surface area contributed by atoms with Crippen LogP contribution in [-0.4, -0.2) is 25.0 Å². The molecule has 3 aromatic rings. The summed E-state index contributed by atoms with van der Waals surface area (Å²) in [7, 11) is 1.56. The summed E-state index contributed by atoms with van der Waals surface area (Å²) in [5.41, 5.74) is 0.676. The molecule has 0 unspecified atom stereocenters. The van der Waals surface area contributed by atoms with Gasteiger partial charge >= 0.3 is 0 Å². The lowest BCUT2D eigenvalue weighted by Gasteiger charge is -2.32. The molecule has 1 saturated carbocycles. The van der Waals surface area contributed by atoms with Crippen LogP contribution in [0.2, 0.25) is 0 Å². The van der Waals surface area contributed by atoms with Gasteiger partial charge in [-0.25, -0.2) is 4.39 Å². The molecular weight excluding hydrogens is 439 g/mol. The summed E-state index contributed by atoms with van der Waals surface area (Å²) >= 11 is 1.46. The van der Waals surface area contributed by atoms with Crippen molar-refractivity contribution < 1.29 is 18.7 Å². The molecule has 5 nitrogen and oxygen atoms in total. The molecule has 1 atom stereocenters. The number of nitrogens with zero attached hydrogens (tertiary/aromatic N) is 1. The van der Waals surface area contributed by atoms with E-state index in [1.807, 2.05) is 17.5 Å². The quantitative estimate of drug-likeness (QED) is 0.492. The van der Waals surface area contributed by atoms with Crippen LogP contribution in [0, 0.1) is 5.82 Å². The van der Waals surface area contributed by atoms with Crippen molar-refractivity contribution in [2.45, 2.75) is 44.2 Å². The molecule has 4 rings (SSSR count). The second kappa shape index (κ2) is 10.6. The van der Waals surface area contributed by atoms with Crippen LogP contribution in [0.4, 0.5) is 10.1 Å². The Hall–Kier alpha value is -3.19. The average molecular weight is 467 g/mol. The Kier molecular flexibility index (Phi) is 7.40. The summed E-state index contributed by atoms with van der Waals surface area (Å²) in [5.74, 6) is -0.569. The molecule has 33 heavy (non-hydrogen) atoms. The third-order valence-electron chi connectivity index (χ3n) is 5.93. The predicted octanol–water partition coefficient (Wildman–Crippen LogP) is 5.27. The number of carbonyl (C=O) groups is 2. The van der Waals surface area contributed by atoms with Crippen molar-refractivity contribution in [1.29, 1.82) is 0 Å². The van der Waals surface area contributed by atoms with Crippen molar-refractivity contribution >= 4 is 28.8 Å². The highest BCUT2D eigenvalue weighted by molar-refractivity contribution is 7.10. The Morgan fingerprint density at radius 3 is 2.45 bits per heavy atom. The molecular formula is C26H27FN2O3S. The number of thiophene rings is 1. The monoisotopic (exact) mass is 466 g/mol. The maximum atomic E-state index is 15.0. The van der Waals surface area contributed by atoms with E-state index in [0.29, 0.717) is 11.3 Å². The second-order valence-electron chi connectivity index (χ2n) is 8.14. The Labute approximate surface area is 197 Å². The molecule has 1 aliphatic carbocycles. The zero-order valence-corrected chi connectivity index (χ0v) is 19.3. The minimum Gasteiger partial charge on any atom is -0.497 e.